The summed E-state index contributed by atoms with van der Waals surface area (Å²) in [5, 5.41) is 0. The van der Waals surface area contributed by atoms with E-state index >= 15 is 0 Å². The molecule has 0 bridgehead atoms. The Kier molecular flexibility index (Phi) is 4.65. The zero-order chi connectivity index (χ0) is 18.4. The van der Waals surface area contributed by atoms with Crippen molar-refractivity contribution in [2.75, 3.05) is 38.8 Å². The van der Waals surface area contributed by atoms with Crippen LogP contribution in [-0.4, -0.2) is 82.8 Å². The van der Waals surface area contributed by atoms with E-state index in [1.165, 1.54) is 43.3 Å². The number of nitrogens with zero attached hydrogens (tertiary/aromatic N) is 2. The molecule has 2 fully saturated rings. The Bertz CT molecular complexity index is 877. The molecule has 2 aliphatic heterocycles. The third-order valence-electron chi connectivity index (χ3n) is 4.48. The fraction of sp³-hybridized carbons (Fsp3) is 0.533. The van der Waals surface area contributed by atoms with Crippen LogP contribution in [0.2, 0.25) is 0 Å². The zero-order valence-electron chi connectivity index (χ0n) is 14.0. The molecule has 2 unspecified atom stereocenters. The van der Waals surface area contributed by atoms with Crippen molar-refractivity contribution in [3.63, 3.8) is 0 Å². The number of ether oxygens (including phenoxy) is 1. The van der Waals surface area contributed by atoms with Crippen LogP contribution in [-0.2, 0) is 24.6 Å². The largest absolute Gasteiger partial charge is 0.373 e. The SMILES string of the molecule is CN(C)S(=O)(=O)c1ccc(C(=O)N2CCOC3CS(=O)(=O)CC32)cc1. The number of sulfonamides is 1. The van der Waals surface area contributed by atoms with Gasteiger partial charge in [-0.1, -0.05) is 0 Å². The van der Waals surface area contributed by atoms with Crippen LogP contribution in [0.25, 0.3) is 0 Å². The van der Waals surface area contributed by atoms with Gasteiger partial charge in [0.25, 0.3) is 5.91 Å². The third kappa shape index (κ3) is 3.43. The summed E-state index contributed by atoms with van der Waals surface area (Å²) in [7, 11) is -3.91. The Morgan fingerprint density at radius 1 is 1.20 bits per heavy atom. The minimum Gasteiger partial charge on any atom is -0.373 e. The van der Waals surface area contributed by atoms with Gasteiger partial charge in [0.2, 0.25) is 10.0 Å². The number of fused-ring (bicyclic) bond motifs is 1. The first-order valence-electron chi connectivity index (χ1n) is 7.77. The molecule has 138 valence electrons. The molecule has 8 nitrogen and oxygen atoms in total. The molecule has 2 aliphatic rings. The lowest BCUT2D eigenvalue weighted by atomic mass is 10.1. The number of hydrogen-bond donors (Lipinski definition) is 0. The number of carbonyl (C=O) groups is 1. The molecular formula is C15H20N2O6S2. The molecule has 1 aromatic rings. The van der Waals surface area contributed by atoms with Crippen molar-refractivity contribution in [3.05, 3.63) is 29.8 Å². The summed E-state index contributed by atoms with van der Waals surface area (Å²) in [4.78, 5) is 14.4. The van der Waals surface area contributed by atoms with Gasteiger partial charge in [-0.3, -0.25) is 4.79 Å². The quantitative estimate of drug-likeness (QED) is 0.697. The van der Waals surface area contributed by atoms with Crippen LogP contribution < -0.4 is 0 Å². The molecule has 2 atom stereocenters. The smallest absolute Gasteiger partial charge is 0.254 e. The summed E-state index contributed by atoms with van der Waals surface area (Å²) in [6, 6.07) is 5.17. The first-order chi connectivity index (χ1) is 11.6. The Hall–Kier alpha value is -1.49. The minimum absolute atomic E-state index is 0.0680. The number of amides is 1. The van der Waals surface area contributed by atoms with Gasteiger partial charge in [-0.05, 0) is 24.3 Å². The second-order valence-electron chi connectivity index (χ2n) is 6.36. The zero-order valence-corrected chi connectivity index (χ0v) is 15.6. The van der Waals surface area contributed by atoms with Gasteiger partial charge in [-0.15, -0.1) is 0 Å². The van der Waals surface area contributed by atoms with Gasteiger partial charge in [0.05, 0.1) is 35.2 Å². The average molecular weight is 388 g/mol. The van der Waals surface area contributed by atoms with Crippen LogP contribution in [0, 0.1) is 0 Å². The molecule has 1 aromatic carbocycles. The summed E-state index contributed by atoms with van der Waals surface area (Å²) >= 11 is 0. The molecule has 2 heterocycles. The second-order valence-corrected chi connectivity index (χ2v) is 10.7. The molecule has 2 saturated heterocycles. The van der Waals surface area contributed by atoms with E-state index < -0.39 is 32.0 Å². The average Bonchev–Trinajstić information content (AvgIpc) is 2.87. The molecule has 10 heteroatoms. The van der Waals surface area contributed by atoms with E-state index in [4.69, 9.17) is 4.74 Å². The molecule has 3 rings (SSSR count). The summed E-state index contributed by atoms with van der Waals surface area (Å²) < 4.78 is 54.4. The van der Waals surface area contributed by atoms with Crippen molar-refractivity contribution in [2.24, 2.45) is 0 Å². The number of sulfone groups is 1. The van der Waals surface area contributed by atoms with Crippen molar-refractivity contribution in [1.82, 2.24) is 9.21 Å². The van der Waals surface area contributed by atoms with Crippen molar-refractivity contribution < 1.29 is 26.4 Å². The Labute approximate surface area is 147 Å². The molecular weight excluding hydrogens is 368 g/mol. The fourth-order valence-electron chi connectivity index (χ4n) is 3.11. The van der Waals surface area contributed by atoms with Crippen molar-refractivity contribution in [3.8, 4) is 0 Å². The van der Waals surface area contributed by atoms with Crippen molar-refractivity contribution in [2.45, 2.75) is 17.0 Å². The van der Waals surface area contributed by atoms with E-state index in [9.17, 15) is 21.6 Å². The number of hydrogen-bond acceptors (Lipinski definition) is 6. The van der Waals surface area contributed by atoms with Gasteiger partial charge < -0.3 is 9.64 Å². The highest BCUT2D eigenvalue weighted by molar-refractivity contribution is 7.91. The molecule has 0 saturated carbocycles. The maximum absolute atomic E-state index is 12.8. The number of morpholine rings is 1. The van der Waals surface area contributed by atoms with E-state index in [2.05, 4.69) is 0 Å². The monoisotopic (exact) mass is 388 g/mol. The van der Waals surface area contributed by atoms with Crippen molar-refractivity contribution in [1.29, 1.82) is 0 Å². The van der Waals surface area contributed by atoms with Crippen molar-refractivity contribution >= 4 is 25.8 Å². The number of carbonyl (C=O) groups excluding carboxylic acids is 1. The molecule has 0 radical (unpaired) electrons. The normalized spacial score (nSPS) is 25.8. The molecule has 1 amide bonds. The standard InChI is InChI=1S/C15H20N2O6S2/c1-16(2)25(21,22)12-5-3-11(4-6-12)15(18)17-7-8-23-14-10-24(19,20)9-13(14)17/h3-6,13-14H,7-10H2,1-2H3. The van der Waals surface area contributed by atoms with E-state index in [1.54, 1.807) is 0 Å². The van der Waals surface area contributed by atoms with Crippen LogP contribution >= 0.6 is 0 Å². The Morgan fingerprint density at radius 2 is 1.84 bits per heavy atom. The van der Waals surface area contributed by atoms with Gasteiger partial charge in [0, 0.05) is 26.2 Å². The highest BCUT2D eigenvalue weighted by atomic mass is 32.2. The first-order valence-corrected chi connectivity index (χ1v) is 11.0. The molecule has 0 N–H and O–H groups in total. The van der Waals surface area contributed by atoms with E-state index in [0.29, 0.717) is 12.1 Å². The number of rotatable bonds is 3. The molecule has 25 heavy (non-hydrogen) atoms. The van der Waals surface area contributed by atoms with Gasteiger partial charge in [-0.2, -0.15) is 0 Å². The summed E-state index contributed by atoms with van der Waals surface area (Å²) in [5.74, 6) is -0.484. The summed E-state index contributed by atoms with van der Waals surface area (Å²) in [6.45, 7) is 0.600. The maximum Gasteiger partial charge on any atom is 0.254 e. The van der Waals surface area contributed by atoms with Crippen LogP contribution in [0.15, 0.2) is 29.2 Å². The second kappa shape index (κ2) is 6.35. The van der Waals surface area contributed by atoms with E-state index in [1.807, 2.05) is 0 Å². The summed E-state index contributed by atoms with van der Waals surface area (Å²) in [5.41, 5.74) is 0.322. The van der Waals surface area contributed by atoms with Gasteiger partial charge >= 0.3 is 0 Å². The van der Waals surface area contributed by atoms with Crippen LogP contribution in [0.4, 0.5) is 0 Å². The molecule has 0 aliphatic carbocycles. The summed E-state index contributed by atoms with van der Waals surface area (Å²) in [6.07, 6.45) is -0.490. The highest BCUT2D eigenvalue weighted by Crippen LogP contribution is 2.26. The van der Waals surface area contributed by atoms with Crippen LogP contribution in [0.5, 0.6) is 0 Å². The van der Waals surface area contributed by atoms with E-state index in [0.717, 1.165) is 4.31 Å². The highest BCUT2D eigenvalue weighted by Gasteiger charge is 2.45. The predicted octanol–water partition coefficient (Wildman–Crippen LogP) is -0.425. The fourth-order valence-corrected chi connectivity index (χ4v) is 5.88. The van der Waals surface area contributed by atoms with Gasteiger partial charge in [-0.25, -0.2) is 21.1 Å². The lowest BCUT2D eigenvalue weighted by Crippen LogP contribution is -2.53. The van der Waals surface area contributed by atoms with Crippen LogP contribution in [0.3, 0.4) is 0 Å². The van der Waals surface area contributed by atoms with Crippen LogP contribution in [0.1, 0.15) is 10.4 Å². The lowest BCUT2D eigenvalue weighted by molar-refractivity contribution is -0.0361. The van der Waals surface area contributed by atoms with Gasteiger partial charge in [0.1, 0.15) is 0 Å². The number of benzene rings is 1. The Balaban J connectivity index is 1.84. The van der Waals surface area contributed by atoms with Gasteiger partial charge in [0.15, 0.2) is 9.84 Å². The first kappa shape index (κ1) is 18.3. The maximum atomic E-state index is 12.8. The predicted molar refractivity (Wildman–Crippen MR) is 90.5 cm³/mol. The molecule has 0 aromatic heterocycles. The molecule has 0 spiro atoms. The minimum atomic E-state index is -3.56. The van der Waals surface area contributed by atoms with E-state index in [-0.39, 0.29) is 28.9 Å². The Morgan fingerprint density at radius 3 is 2.44 bits per heavy atom. The lowest BCUT2D eigenvalue weighted by Gasteiger charge is -2.36. The third-order valence-corrected chi connectivity index (χ3v) is 7.99. The topological polar surface area (TPSA) is 101 Å².